The van der Waals surface area contributed by atoms with E-state index in [1.807, 2.05) is 38.0 Å². The minimum atomic E-state index is -2.63. The smallest absolute Gasteiger partial charge is 0.255 e. The van der Waals surface area contributed by atoms with Crippen LogP contribution < -0.4 is 21.3 Å². The Morgan fingerprint density at radius 3 is 1.15 bits per heavy atom. The molecule has 0 heterocycles. The number of aliphatic hydroxyl groups is 6. The molecule has 0 aliphatic heterocycles. The third-order valence-corrected chi connectivity index (χ3v) is 14.1. The standard InChI is InChI=1S/2C23H27N3O7.CH3Cl/c2*1-25(2)12-5-6-13(27)15-10(12)7-9-8-11-17(26(3)4)19(29)16(22(24)32)21(31)23(11,33)20(30)14(9)18(15)28;1-2/h2*5-6,9,11,17,27-28,31,33H,7-8H2,1-4H3,(H2,24,32);1H3/t2*9-,11-,17-,23-;/m00./s1. The number of hydrogen-bond donors (Lipinski definition) is 10. The van der Waals surface area contributed by atoms with Gasteiger partial charge in [0.2, 0.25) is 11.6 Å². The van der Waals surface area contributed by atoms with Crippen LogP contribution in [0.1, 0.15) is 35.1 Å². The molecule has 6 aliphatic rings. The van der Waals surface area contributed by atoms with Crippen molar-refractivity contribution in [3.63, 3.8) is 0 Å². The summed E-state index contributed by atoms with van der Waals surface area (Å²) in [6.07, 6.45) is 2.12. The lowest BCUT2D eigenvalue weighted by molar-refractivity contribution is -0.155. The van der Waals surface area contributed by atoms with Crippen molar-refractivity contribution in [1.29, 1.82) is 0 Å². The van der Waals surface area contributed by atoms with Gasteiger partial charge in [-0.2, -0.15) is 0 Å². The Bertz CT molecular complexity index is 2520. The van der Waals surface area contributed by atoms with Crippen molar-refractivity contribution in [3.8, 4) is 11.5 Å². The SMILES string of the molecule is CCl.CN(C)c1ccc(O)c2c1C[C@H]1C[C@H]3[C@H](N(C)C)C(=O)C(C(N)=O)=C(O)[C@@]3(O)C(=O)C1=C2O.CN(C)c1ccc(O)c2c1C[C@H]1C[C@H]3[C@H](N(C)C)C(=O)C(C(N)=O)=C(O)[C@@]3(O)C(=O)C1=C2O. The second-order valence-corrected chi connectivity index (χ2v) is 18.6. The summed E-state index contributed by atoms with van der Waals surface area (Å²) >= 11 is 4.64. The Morgan fingerprint density at radius 1 is 0.574 bits per heavy atom. The van der Waals surface area contributed by atoms with Crippen LogP contribution in [0.25, 0.3) is 11.5 Å². The third kappa shape index (κ3) is 7.27. The van der Waals surface area contributed by atoms with E-state index >= 15 is 0 Å². The van der Waals surface area contributed by atoms with Crippen molar-refractivity contribution in [3.05, 3.63) is 80.3 Å². The van der Waals surface area contributed by atoms with Crippen LogP contribution in [0.2, 0.25) is 0 Å². The minimum Gasteiger partial charge on any atom is -0.508 e. The molecule has 20 nitrogen and oxygen atoms in total. The summed E-state index contributed by atoms with van der Waals surface area (Å²) in [4.78, 5) is 84.0. The molecule has 2 saturated carbocycles. The highest BCUT2D eigenvalue weighted by Gasteiger charge is 2.66. The first kappa shape index (κ1) is 51.0. The van der Waals surface area contributed by atoms with Crippen molar-refractivity contribution >= 4 is 69.4 Å². The summed E-state index contributed by atoms with van der Waals surface area (Å²) in [6.45, 7) is 0. The molecular weight excluding hydrogens is 908 g/mol. The van der Waals surface area contributed by atoms with E-state index < -0.39 is 116 Å². The van der Waals surface area contributed by atoms with Gasteiger partial charge in [0.15, 0.2) is 22.8 Å². The molecule has 0 radical (unpaired) electrons. The van der Waals surface area contributed by atoms with Gasteiger partial charge in [-0.05, 0) is 101 Å². The first-order valence-electron chi connectivity index (χ1n) is 21.4. The zero-order valence-corrected chi connectivity index (χ0v) is 39.7. The highest BCUT2D eigenvalue weighted by molar-refractivity contribution is 6.25. The van der Waals surface area contributed by atoms with E-state index in [9.17, 15) is 69.6 Å². The van der Waals surface area contributed by atoms with Crippen LogP contribution in [-0.4, -0.2) is 172 Å². The normalized spacial score (nSPS) is 28.3. The summed E-state index contributed by atoms with van der Waals surface area (Å²) in [6, 6.07) is 4.02. The van der Waals surface area contributed by atoms with Gasteiger partial charge in [-0.3, -0.25) is 38.6 Å². The second kappa shape index (κ2) is 17.9. The number of aromatic hydroxyl groups is 2. The van der Waals surface area contributed by atoms with Gasteiger partial charge >= 0.3 is 0 Å². The molecule has 0 unspecified atom stereocenters. The number of rotatable bonds is 6. The third-order valence-electron chi connectivity index (χ3n) is 14.1. The molecule has 2 fully saturated rings. The van der Waals surface area contributed by atoms with E-state index in [-0.39, 0.29) is 59.5 Å². The molecule has 0 bridgehead atoms. The molecule has 8 atom stereocenters. The summed E-state index contributed by atoms with van der Waals surface area (Å²) in [7, 11) is 13.5. The Hall–Kier alpha value is -6.45. The first-order chi connectivity index (χ1) is 31.7. The number of alkyl halides is 1. The average Bonchev–Trinajstić information content (AvgIpc) is 3.23. The molecule has 0 spiro atoms. The highest BCUT2D eigenvalue weighted by Crippen LogP contribution is 2.55. The number of hydrogen-bond acceptors (Lipinski definition) is 18. The second-order valence-electron chi connectivity index (χ2n) is 18.6. The van der Waals surface area contributed by atoms with Gasteiger partial charge in [0.1, 0.15) is 45.7 Å². The molecule has 0 saturated heterocycles. The van der Waals surface area contributed by atoms with E-state index in [1.165, 1.54) is 28.3 Å². The molecule has 2 aromatic rings. The molecule has 2 aromatic carbocycles. The zero-order valence-electron chi connectivity index (χ0n) is 39.0. The van der Waals surface area contributed by atoms with Crippen molar-refractivity contribution in [2.24, 2.45) is 35.1 Å². The number of Topliss-reactive ketones (excluding diaryl/α,β-unsaturated/α-hetero) is 4. The number of carbonyl (C=O) groups is 6. The number of nitrogens with zero attached hydrogens (tertiary/aromatic N) is 4. The van der Waals surface area contributed by atoms with Crippen LogP contribution in [-0.2, 0) is 41.6 Å². The van der Waals surface area contributed by atoms with E-state index in [0.29, 0.717) is 11.1 Å². The monoisotopic (exact) mass is 964 g/mol. The van der Waals surface area contributed by atoms with Gasteiger partial charge in [0.05, 0.1) is 23.2 Å². The fraction of sp³-hybridized carbons (Fsp3) is 0.447. The Morgan fingerprint density at radius 2 is 0.882 bits per heavy atom. The van der Waals surface area contributed by atoms with Crippen molar-refractivity contribution in [1.82, 2.24) is 9.80 Å². The summed E-state index contributed by atoms with van der Waals surface area (Å²) in [5, 5.41) is 87.8. The number of benzene rings is 2. The molecular formula is C47H57ClN6O14. The van der Waals surface area contributed by atoms with E-state index in [1.54, 1.807) is 40.3 Å². The van der Waals surface area contributed by atoms with Crippen LogP contribution in [0, 0.1) is 23.7 Å². The van der Waals surface area contributed by atoms with Crippen LogP contribution in [0.5, 0.6) is 11.5 Å². The molecule has 0 aromatic heterocycles. The minimum absolute atomic E-state index is 0.0638. The Kier molecular flexibility index (Phi) is 13.4. The number of aliphatic hydroxyl groups excluding tert-OH is 4. The number of halogens is 1. The number of phenolic OH excluding ortho intramolecular Hbond substituents is 2. The van der Waals surface area contributed by atoms with E-state index in [4.69, 9.17) is 11.5 Å². The maximum absolute atomic E-state index is 13.7. The molecule has 366 valence electrons. The Balaban J connectivity index is 0.000000216. The average molecular weight is 965 g/mol. The number of phenols is 2. The van der Waals surface area contributed by atoms with E-state index in [2.05, 4.69) is 11.6 Å². The van der Waals surface area contributed by atoms with Crippen molar-refractivity contribution in [2.75, 3.05) is 72.6 Å². The fourth-order valence-corrected chi connectivity index (χ4v) is 11.3. The molecule has 8 rings (SSSR count). The van der Waals surface area contributed by atoms with Crippen molar-refractivity contribution < 1.29 is 69.6 Å². The number of nitrogens with two attached hydrogens (primary N) is 2. The molecule has 21 heteroatoms. The lowest BCUT2D eigenvalue weighted by Gasteiger charge is -2.50. The van der Waals surface area contributed by atoms with Gasteiger partial charge < -0.3 is 62.1 Å². The number of carbonyl (C=O) groups excluding carboxylic acids is 6. The largest absolute Gasteiger partial charge is 0.508 e. The van der Waals surface area contributed by atoms with Crippen LogP contribution in [0.3, 0.4) is 0 Å². The fourth-order valence-electron chi connectivity index (χ4n) is 11.3. The predicted octanol–water partition coefficient (Wildman–Crippen LogP) is 0.915. The maximum Gasteiger partial charge on any atom is 0.255 e. The number of ketones is 4. The van der Waals surface area contributed by atoms with Gasteiger partial charge in [-0.1, -0.05) is 0 Å². The molecule has 68 heavy (non-hydrogen) atoms. The van der Waals surface area contributed by atoms with Gasteiger partial charge in [0, 0.05) is 68.9 Å². The number of fused-ring (bicyclic) bond motifs is 6. The predicted molar refractivity (Wildman–Crippen MR) is 249 cm³/mol. The summed E-state index contributed by atoms with van der Waals surface area (Å²) in [5.41, 5.74) is 6.30. The number of amides is 2. The number of likely N-dealkylation sites (N-methyl/N-ethyl adjacent to an activating group) is 2. The Labute approximate surface area is 396 Å². The number of anilines is 2. The van der Waals surface area contributed by atoms with Crippen LogP contribution >= 0.6 is 11.6 Å². The maximum atomic E-state index is 13.7. The molecule has 2 amide bonds. The van der Waals surface area contributed by atoms with Crippen LogP contribution in [0.4, 0.5) is 11.4 Å². The molecule has 12 N–H and O–H groups in total. The summed E-state index contributed by atoms with van der Waals surface area (Å²) < 4.78 is 0. The van der Waals surface area contributed by atoms with Gasteiger partial charge in [-0.25, -0.2) is 0 Å². The van der Waals surface area contributed by atoms with E-state index in [0.717, 1.165) is 11.4 Å². The van der Waals surface area contributed by atoms with Gasteiger partial charge in [-0.15, -0.1) is 11.6 Å². The quantitative estimate of drug-likeness (QED) is 0.142. The zero-order chi connectivity index (χ0) is 51.1. The lowest BCUT2D eigenvalue weighted by atomic mass is 9.57. The van der Waals surface area contributed by atoms with Crippen LogP contribution in [0.15, 0.2) is 58.1 Å². The van der Waals surface area contributed by atoms with Gasteiger partial charge in [0.25, 0.3) is 11.8 Å². The number of primary amides is 2. The summed E-state index contributed by atoms with van der Waals surface area (Å²) in [5.74, 6) is -13.1. The topological polar surface area (TPSA) is 329 Å². The highest BCUT2D eigenvalue weighted by atomic mass is 35.5. The molecule has 6 aliphatic carbocycles. The first-order valence-corrected chi connectivity index (χ1v) is 22.1. The lowest BCUT2D eigenvalue weighted by Crippen LogP contribution is -2.65. The van der Waals surface area contributed by atoms with Crippen molar-refractivity contribution in [2.45, 2.75) is 49.0 Å².